The molecule has 16 heavy (non-hydrogen) atoms. The van der Waals surface area contributed by atoms with Gasteiger partial charge in [0.1, 0.15) is 0 Å². The van der Waals surface area contributed by atoms with Crippen LogP contribution >= 0.6 is 0 Å². The number of nitrogens with zero attached hydrogens (tertiary/aromatic N) is 1. The van der Waals surface area contributed by atoms with Crippen molar-refractivity contribution >= 4 is 0 Å². The lowest BCUT2D eigenvalue weighted by molar-refractivity contribution is 0.154. The standard InChI is InChI=1S/C13H28N2O/c1-10(9-16)11(2)14-12(3)13-6-5-7-15(4)8-13/h10-14,16H,5-9H2,1-4H3. The van der Waals surface area contributed by atoms with Crippen molar-refractivity contribution in [3.05, 3.63) is 0 Å². The van der Waals surface area contributed by atoms with E-state index >= 15 is 0 Å². The quantitative estimate of drug-likeness (QED) is 0.745. The summed E-state index contributed by atoms with van der Waals surface area (Å²) in [6.07, 6.45) is 2.65. The van der Waals surface area contributed by atoms with Gasteiger partial charge in [-0.1, -0.05) is 6.92 Å². The summed E-state index contributed by atoms with van der Waals surface area (Å²) in [4.78, 5) is 2.42. The molecule has 4 atom stereocenters. The molecule has 0 aromatic carbocycles. The molecule has 1 aliphatic rings. The van der Waals surface area contributed by atoms with Crippen molar-refractivity contribution in [2.24, 2.45) is 11.8 Å². The molecule has 0 aromatic heterocycles. The van der Waals surface area contributed by atoms with E-state index in [-0.39, 0.29) is 6.61 Å². The summed E-state index contributed by atoms with van der Waals surface area (Å²) in [6, 6.07) is 0.944. The third kappa shape index (κ3) is 4.04. The minimum atomic E-state index is 0.269. The Morgan fingerprint density at radius 2 is 2.06 bits per heavy atom. The van der Waals surface area contributed by atoms with E-state index in [0.717, 1.165) is 5.92 Å². The molecular formula is C13H28N2O. The molecule has 3 heteroatoms. The van der Waals surface area contributed by atoms with Gasteiger partial charge in [-0.25, -0.2) is 0 Å². The summed E-state index contributed by atoms with van der Waals surface area (Å²) in [7, 11) is 2.21. The number of nitrogens with one attached hydrogen (secondary N) is 1. The van der Waals surface area contributed by atoms with E-state index in [9.17, 15) is 0 Å². The van der Waals surface area contributed by atoms with Crippen LogP contribution in [0.1, 0.15) is 33.6 Å². The monoisotopic (exact) mass is 228 g/mol. The molecule has 2 N–H and O–H groups in total. The van der Waals surface area contributed by atoms with Gasteiger partial charge in [-0.3, -0.25) is 0 Å². The molecule has 0 aliphatic carbocycles. The van der Waals surface area contributed by atoms with Crippen LogP contribution in [0.25, 0.3) is 0 Å². The Hall–Kier alpha value is -0.120. The molecule has 0 spiro atoms. The molecule has 1 saturated heterocycles. The normalized spacial score (nSPS) is 28.7. The number of rotatable bonds is 5. The van der Waals surface area contributed by atoms with Crippen LogP contribution in [-0.2, 0) is 0 Å². The maximum Gasteiger partial charge on any atom is 0.0471 e. The van der Waals surface area contributed by atoms with E-state index in [1.165, 1.54) is 25.9 Å². The van der Waals surface area contributed by atoms with Crippen molar-refractivity contribution in [2.75, 3.05) is 26.7 Å². The molecule has 1 fully saturated rings. The molecule has 1 aliphatic heterocycles. The summed E-state index contributed by atoms with van der Waals surface area (Å²) >= 11 is 0. The number of hydrogen-bond acceptors (Lipinski definition) is 3. The Kier molecular flexibility index (Phi) is 5.73. The average Bonchev–Trinajstić information content (AvgIpc) is 2.27. The van der Waals surface area contributed by atoms with Gasteiger partial charge in [-0.2, -0.15) is 0 Å². The van der Waals surface area contributed by atoms with E-state index in [2.05, 4.69) is 38.0 Å². The van der Waals surface area contributed by atoms with E-state index in [0.29, 0.717) is 18.0 Å². The summed E-state index contributed by atoms with van der Waals surface area (Å²) in [5.74, 6) is 1.09. The lowest BCUT2D eigenvalue weighted by Gasteiger charge is -2.36. The largest absolute Gasteiger partial charge is 0.396 e. The number of aliphatic hydroxyl groups is 1. The van der Waals surface area contributed by atoms with Gasteiger partial charge in [0.15, 0.2) is 0 Å². The van der Waals surface area contributed by atoms with Crippen LogP contribution in [0.15, 0.2) is 0 Å². The van der Waals surface area contributed by atoms with Gasteiger partial charge < -0.3 is 15.3 Å². The minimum absolute atomic E-state index is 0.269. The third-order valence-electron chi connectivity index (χ3n) is 4.04. The number of aliphatic hydroxyl groups excluding tert-OH is 1. The number of hydrogen-bond donors (Lipinski definition) is 2. The second-order valence-corrected chi connectivity index (χ2v) is 5.57. The summed E-state index contributed by atoms with van der Waals surface area (Å²) in [5, 5.41) is 12.8. The SMILES string of the molecule is CC(CO)C(C)NC(C)C1CCCN(C)C1. The fourth-order valence-corrected chi connectivity index (χ4v) is 2.49. The van der Waals surface area contributed by atoms with E-state index < -0.39 is 0 Å². The highest BCUT2D eigenvalue weighted by molar-refractivity contribution is 4.82. The first-order chi connectivity index (χ1) is 7.54. The van der Waals surface area contributed by atoms with Gasteiger partial charge in [0.25, 0.3) is 0 Å². The summed E-state index contributed by atoms with van der Waals surface area (Å²) < 4.78 is 0. The molecule has 1 rings (SSSR count). The molecule has 3 nitrogen and oxygen atoms in total. The second kappa shape index (κ2) is 6.58. The predicted octanol–water partition coefficient (Wildman–Crippen LogP) is 1.32. The predicted molar refractivity (Wildman–Crippen MR) is 68.5 cm³/mol. The van der Waals surface area contributed by atoms with Crippen LogP contribution < -0.4 is 5.32 Å². The van der Waals surface area contributed by atoms with Gasteiger partial charge in [-0.05, 0) is 52.1 Å². The van der Waals surface area contributed by atoms with Crippen LogP contribution in [0, 0.1) is 11.8 Å². The minimum Gasteiger partial charge on any atom is -0.396 e. The van der Waals surface area contributed by atoms with Gasteiger partial charge in [0.05, 0.1) is 0 Å². The van der Waals surface area contributed by atoms with Crippen molar-refractivity contribution in [1.82, 2.24) is 10.2 Å². The Morgan fingerprint density at radius 3 is 2.62 bits per heavy atom. The van der Waals surface area contributed by atoms with E-state index in [1.807, 2.05) is 0 Å². The summed E-state index contributed by atoms with van der Waals surface area (Å²) in [6.45, 7) is 9.26. The van der Waals surface area contributed by atoms with Gasteiger partial charge >= 0.3 is 0 Å². The fourth-order valence-electron chi connectivity index (χ4n) is 2.49. The molecule has 4 unspecified atom stereocenters. The van der Waals surface area contributed by atoms with Crippen molar-refractivity contribution in [2.45, 2.75) is 45.7 Å². The lowest BCUT2D eigenvalue weighted by atomic mass is 9.90. The fraction of sp³-hybridized carbons (Fsp3) is 1.00. The zero-order chi connectivity index (χ0) is 12.1. The molecule has 1 heterocycles. The molecule has 0 bridgehead atoms. The summed E-state index contributed by atoms with van der Waals surface area (Å²) in [5.41, 5.74) is 0. The van der Waals surface area contributed by atoms with Crippen LogP contribution in [-0.4, -0.2) is 48.8 Å². The maximum absolute atomic E-state index is 9.12. The smallest absolute Gasteiger partial charge is 0.0471 e. The first-order valence-corrected chi connectivity index (χ1v) is 6.60. The van der Waals surface area contributed by atoms with Gasteiger partial charge in [0, 0.05) is 25.2 Å². The zero-order valence-electron chi connectivity index (χ0n) is 11.2. The Labute approximate surface area is 100 Å². The van der Waals surface area contributed by atoms with Gasteiger partial charge in [-0.15, -0.1) is 0 Å². The van der Waals surface area contributed by atoms with Gasteiger partial charge in [0.2, 0.25) is 0 Å². The van der Waals surface area contributed by atoms with Crippen molar-refractivity contribution < 1.29 is 5.11 Å². The highest BCUT2D eigenvalue weighted by atomic mass is 16.3. The first-order valence-electron chi connectivity index (χ1n) is 6.60. The number of piperidine rings is 1. The van der Waals surface area contributed by atoms with Crippen molar-refractivity contribution in [3.63, 3.8) is 0 Å². The van der Waals surface area contributed by atoms with Crippen LogP contribution in [0.3, 0.4) is 0 Å². The highest BCUT2D eigenvalue weighted by Gasteiger charge is 2.24. The molecule has 0 saturated carbocycles. The molecule has 0 aromatic rings. The highest BCUT2D eigenvalue weighted by Crippen LogP contribution is 2.19. The first kappa shape index (κ1) is 13.9. The molecule has 0 amide bonds. The lowest BCUT2D eigenvalue weighted by Crippen LogP contribution is -2.47. The van der Waals surface area contributed by atoms with Crippen molar-refractivity contribution in [1.29, 1.82) is 0 Å². The topological polar surface area (TPSA) is 35.5 Å². The van der Waals surface area contributed by atoms with Crippen LogP contribution in [0.4, 0.5) is 0 Å². The molecule has 0 radical (unpaired) electrons. The Morgan fingerprint density at radius 1 is 1.38 bits per heavy atom. The van der Waals surface area contributed by atoms with E-state index in [4.69, 9.17) is 5.11 Å². The number of likely N-dealkylation sites (tertiary alicyclic amines) is 1. The molecular weight excluding hydrogens is 200 g/mol. The van der Waals surface area contributed by atoms with Crippen LogP contribution in [0.5, 0.6) is 0 Å². The second-order valence-electron chi connectivity index (χ2n) is 5.57. The van der Waals surface area contributed by atoms with Crippen LogP contribution in [0.2, 0.25) is 0 Å². The van der Waals surface area contributed by atoms with Crippen molar-refractivity contribution in [3.8, 4) is 0 Å². The Balaban J connectivity index is 2.35. The average molecular weight is 228 g/mol. The Bertz CT molecular complexity index is 198. The maximum atomic E-state index is 9.12. The zero-order valence-corrected chi connectivity index (χ0v) is 11.2. The molecule has 96 valence electrons. The third-order valence-corrected chi connectivity index (χ3v) is 4.04. The van der Waals surface area contributed by atoms with E-state index in [1.54, 1.807) is 0 Å².